The van der Waals surface area contributed by atoms with Gasteiger partial charge in [0.1, 0.15) is 11.6 Å². The number of H-pyrrole nitrogens is 1. The van der Waals surface area contributed by atoms with Crippen molar-refractivity contribution in [3.05, 3.63) is 60.0 Å². The topological polar surface area (TPSA) is 54.7 Å². The summed E-state index contributed by atoms with van der Waals surface area (Å²) >= 11 is 0. The van der Waals surface area contributed by atoms with Gasteiger partial charge in [-0.2, -0.15) is 0 Å². The Balaban J connectivity index is 2.11. The number of rotatable bonds is 2. The number of nitrogens with zero attached hydrogens (tertiary/aromatic N) is 1. The van der Waals surface area contributed by atoms with Crippen LogP contribution in [-0.4, -0.2) is 9.97 Å². The molecule has 0 saturated carbocycles. The number of nitrogen functional groups attached to an aromatic ring is 1. The third-order valence-corrected chi connectivity index (χ3v) is 3.20. The summed E-state index contributed by atoms with van der Waals surface area (Å²) in [6.45, 7) is 1.94. The van der Waals surface area contributed by atoms with Gasteiger partial charge in [-0.25, -0.2) is 9.37 Å². The van der Waals surface area contributed by atoms with Crippen LogP contribution in [0.25, 0.3) is 22.6 Å². The van der Waals surface area contributed by atoms with Gasteiger partial charge < -0.3 is 10.7 Å². The van der Waals surface area contributed by atoms with Crippen LogP contribution in [0, 0.1) is 12.7 Å². The molecule has 0 radical (unpaired) electrons. The van der Waals surface area contributed by atoms with E-state index in [1.807, 2.05) is 37.3 Å². The fourth-order valence-electron chi connectivity index (χ4n) is 2.20. The Hall–Kier alpha value is -2.62. The van der Waals surface area contributed by atoms with Crippen molar-refractivity contribution in [2.45, 2.75) is 6.92 Å². The molecule has 0 bridgehead atoms. The molecule has 20 heavy (non-hydrogen) atoms. The zero-order valence-corrected chi connectivity index (χ0v) is 11.0. The summed E-state index contributed by atoms with van der Waals surface area (Å²) in [6, 6.07) is 14.1. The Morgan fingerprint density at radius 1 is 1.10 bits per heavy atom. The first-order valence-corrected chi connectivity index (χ1v) is 6.32. The van der Waals surface area contributed by atoms with Gasteiger partial charge in [0, 0.05) is 22.5 Å². The molecule has 100 valence electrons. The fourth-order valence-corrected chi connectivity index (χ4v) is 2.20. The Morgan fingerprint density at radius 3 is 2.60 bits per heavy atom. The van der Waals surface area contributed by atoms with Crippen molar-refractivity contribution in [3.63, 3.8) is 0 Å². The number of halogens is 1. The molecule has 3 rings (SSSR count). The van der Waals surface area contributed by atoms with E-state index in [4.69, 9.17) is 5.73 Å². The second-order valence-electron chi connectivity index (χ2n) is 4.66. The number of hydrogen-bond acceptors (Lipinski definition) is 2. The van der Waals surface area contributed by atoms with E-state index in [-0.39, 0.29) is 5.82 Å². The summed E-state index contributed by atoms with van der Waals surface area (Å²) < 4.78 is 13.4. The Labute approximate surface area is 116 Å². The lowest BCUT2D eigenvalue weighted by atomic mass is 10.1. The van der Waals surface area contributed by atoms with Gasteiger partial charge in [-0.3, -0.25) is 0 Å². The third-order valence-electron chi connectivity index (χ3n) is 3.20. The molecule has 0 fully saturated rings. The molecular formula is C16H14FN3. The standard InChI is InChI=1S/C16H14FN3/c1-10-15(11-5-3-2-4-6-11)20-16(19-10)13-9-12(17)7-8-14(13)18/h2-9H,18H2,1H3,(H,19,20). The van der Waals surface area contributed by atoms with Crippen molar-refractivity contribution < 1.29 is 4.39 Å². The fraction of sp³-hybridized carbons (Fsp3) is 0.0625. The molecule has 4 heteroatoms. The number of benzene rings is 2. The van der Waals surface area contributed by atoms with Crippen LogP contribution >= 0.6 is 0 Å². The van der Waals surface area contributed by atoms with Gasteiger partial charge in [-0.15, -0.1) is 0 Å². The molecule has 0 unspecified atom stereocenters. The molecular weight excluding hydrogens is 253 g/mol. The molecule has 0 atom stereocenters. The molecule has 0 aliphatic rings. The smallest absolute Gasteiger partial charge is 0.140 e. The van der Waals surface area contributed by atoms with E-state index in [0.29, 0.717) is 17.1 Å². The van der Waals surface area contributed by atoms with Crippen molar-refractivity contribution in [2.24, 2.45) is 0 Å². The van der Waals surface area contributed by atoms with Gasteiger partial charge in [-0.05, 0) is 25.1 Å². The highest BCUT2D eigenvalue weighted by Crippen LogP contribution is 2.29. The molecule has 0 spiro atoms. The van der Waals surface area contributed by atoms with E-state index < -0.39 is 0 Å². The van der Waals surface area contributed by atoms with Crippen LogP contribution < -0.4 is 5.73 Å². The van der Waals surface area contributed by atoms with Gasteiger partial charge in [0.15, 0.2) is 0 Å². The maximum atomic E-state index is 13.4. The van der Waals surface area contributed by atoms with Gasteiger partial charge in [0.05, 0.1) is 5.69 Å². The lowest BCUT2D eigenvalue weighted by Gasteiger charge is -2.02. The van der Waals surface area contributed by atoms with Crippen molar-refractivity contribution in [3.8, 4) is 22.6 Å². The molecule has 0 amide bonds. The van der Waals surface area contributed by atoms with E-state index in [9.17, 15) is 4.39 Å². The normalized spacial score (nSPS) is 10.7. The predicted octanol–water partition coefficient (Wildman–Crippen LogP) is 3.77. The van der Waals surface area contributed by atoms with Crippen LogP contribution in [0.3, 0.4) is 0 Å². The summed E-state index contributed by atoms with van der Waals surface area (Å²) in [6.07, 6.45) is 0. The Bertz CT molecular complexity index is 748. The van der Waals surface area contributed by atoms with Gasteiger partial charge >= 0.3 is 0 Å². The second kappa shape index (κ2) is 4.81. The first-order valence-electron chi connectivity index (χ1n) is 6.32. The molecule has 2 aromatic carbocycles. The average Bonchev–Trinajstić information content (AvgIpc) is 2.84. The molecule has 0 saturated heterocycles. The maximum absolute atomic E-state index is 13.4. The number of aryl methyl sites for hydroxylation is 1. The summed E-state index contributed by atoms with van der Waals surface area (Å²) in [5.74, 6) is 0.253. The molecule has 3 N–H and O–H groups in total. The van der Waals surface area contributed by atoms with Crippen LogP contribution in [0.4, 0.5) is 10.1 Å². The van der Waals surface area contributed by atoms with Crippen molar-refractivity contribution in [1.29, 1.82) is 0 Å². The quantitative estimate of drug-likeness (QED) is 0.694. The number of aromatic amines is 1. The zero-order chi connectivity index (χ0) is 14.1. The Morgan fingerprint density at radius 2 is 1.85 bits per heavy atom. The maximum Gasteiger partial charge on any atom is 0.140 e. The van der Waals surface area contributed by atoms with Crippen LogP contribution in [0.1, 0.15) is 5.69 Å². The number of aromatic nitrogens is 2. The molecule has 0 aliphatic carbocycles. The largest absolute Gasteiger partial charge is 0.398 e. The number of anilines is 1. The van der Waals surface area contributed by atoms with Gasteiger partial charge in [0.25, 0.3) is 0 Å². The summed E-state index contributed by atoms with van der Waals surface area (Å²) in [5, 5.41) is 0. The highest BCUT2D eigenvalue weighted by atomic mass is 19.1. The molecule has 1 heterocycles. The first-order chi connectivity index (χ1) is 9.65. The van der Waals surface area contributed by atoms with Crippen molar-refractivity contribution in [2.75, 3.05) is 5.73 Å². The number of imidazole rings is 1. The average molecular weight is 267 g/mol. The minimum atomic E-state index is -0.329. The third kappa shape index (κ3) is 2.16. The van der Waals surface area contributed by atoms with Crippen LogP contribution in [-0.2, 0) is 0 Å². The lowest BCUT2D eigenvalue weighted by molar-refractivity contribution is 0.628. The number of nitrogens with one attached hydrogen (secondary N) is 1. The second-order valence-corrected chi connectivity index (χ2v) is 4.66. The minimum Gasteiger partial charge on any atom is -0.398 e. The van der Waals surface area contributed by atoms with E-state index in [2.05, 4.69) is 9.97 Å². The predicted molar refractivity (Wildman–Crippen MR) is 78.6 cm³/mol. The van der Waals surface area contributed by atoms with Gasteiger partial charge in [0.2, 0.25) is 0 Å². The first kappa shape index (κ1) is 12.4. The number of hydrogen-bond donors (Lipinski definition) is 2. The van der Waals surface area contributed by atoms with E-state index >= 15 is 0 Å². The highest BCUT2D eigenvalue weighted by Gasteiger charge is 2.12. The Kier molecular flexibility index (Phi) is 2.99. The van der Waals surface area contributed by atoms with E-state index in [0.717, 1.165) is 17.0 Å². The van der Waals surface area contributed by atoms with Crippen LogP contribution in [0.2, 0.25) is 0 Å². The lowest BCUT2D eigenvalue weighted by Crippen LogP contribution is -1.92. The molecule has 0 aliphatic heterocycles. The summed E-state index contributed by atoms with van der Waals surface area (Å²) in [7, 11) is 0. The molecule has 3 nitrogen and oxygen atoms in total. The number of nitrogens with two attached hydrogens (primary N) is 1. The van der Waals surface area contributed by atoms with E-state index in [1.54, 1.807) is 6.07 Å². The molecule has 3 aromatic rings. The summed E-state index contributed by atoms with van der Waals surface area (Å²) in [4.78, 5) is 7.72. The van der Waals surface area contributed by atoms with Crippen LogP contribution in [0.5, 0.6) is 0 Å². The molecule has 1 aromatic heterocycles. The SMILES string of the molecule is Cc1[nH]c(-c2cc(F)ccc2N)nc1-c1ccccc1. The van der Waals surface area contributed by atoms with Crippen LogP contribution in [0.15, 0.2) is 48.5 Å². The zero-order valence-electron chi connectivity index (χ0n) is 11.0. The summed E-state index contributed by atoms with van der Waals surface area (Å²) in [5.41, 5.74) is 9.76. The van der Waals surface area contributed by atoms with Gasteiger partial charge in [-0.1, -0.05) is 30.3 Å². The van der Waals surface area contributed by atoms with Crippen molar-refractivity contribution >= 4 is 5.69 Å². The minimum absolute atomic E-state index is 0.329. The monoisotopic (exact) mass is 267 g/mol. The van der Waals surface area contributed by atoms with Crippen molar-refractivity contribution in [1.82, 2.24) is 9.97 Å². The van der Waals surface area contributed by atoms with E-state index in [1.165, 1.54) is 12.1 Å². The highest BCUT2D eigenvalue weighted by molar-refractivity contribution is 5.74.